The number of halogens is 2. The highest BCUT2D eigenvalue weighted by molar-refractivity contribution is 6.30. The molecule has 1 aliphatic rings. The molecular weight excluding hydrogens is 587 g/mol. The van der Waals surface area contributed by atoms with E-state index in [1.165, 1.54) is 16.9 Å². The summed E-state index contributed by atoms with van der Waals surface area (Å²) in [7, 11) is 0. The molecule has 0 radical (unpaired) electrons. The molecule has 0 bridgehead atoms. The minimum atomic E-state index is -0.537. The second-order valence-electron chi connectivity index (χ2n) is 9.19. The van der Waals surface area contributed by atoms with Gasteiger partial charge in [0.05, 0.1) is 24.2 Å². The molecule has 2 unspecified atom stereocenters. The average Bonchev–Trinajstić information content (AvgIpc) is 3.01. The first-order chi connectivity index (χ1) is 20.7. The number of carbonyl (C=O) groups excluding carboxylic acids is 2. The van der Waals surface area contributed by atoms with Crippen LogP contribution in [0.5, 0.6) is 0 Å². The lowest BCUT2D eigenvalue weighted by molar-refractivity contribution is -0.160. The number of benzene rings is 3. The molecule has 10 heteroatoms. The first-order valence-electron chi connectivity index (χ1n) is 14.2. The molecule has 43 heavy (non-hydrogen) atoms. The van der Waals surface area contributed by atoms with Crippen LogP contribution in [0.15, 0.2) is 78.0 Å². The molecule has 0 aromatic heterocycles. The minimum absolute atomic E-state index is 0.0309. The lowest BCUT2D eigenvalue weighted by atomic mass is 9.92. The standard InChI is InChI=1S/C20H19Cl2N3O4.C8H7N.C3H8.C2H6/c21-15-5-1-13(2-6-15)19-20(14-3-7-16(22)8-4-14)29-12-18(27)25(19)11-17(26)23-9-10-24-28;1-7-2-4-8(6-9)5-3-7;1-3-2;1-2/h1-8,19-20H,9-12H2,(H,23,26);2-5H,1H3;3H2,1-2H3;1-2H3. The highest BCUT2D eigenvalue weighted by atomic mass is 35.5. The summed E-state index contributed by atoms with van der Waals surface area (Å²) in [4.78, 5) is 36.7. The molecule has 1 aliphatic heterocycles. The third-order valence-corrected chi connectivity index (χ3v) is 6.26. The predicted octanol–water partition coefficient (Wildman–Crippen LogP) is 7.83. The number of nitrogens with one attached hydrogen (secondary N) is 1. The van der Waals surface area contributed by atoms with Gasteiger partial charge in [0.25, 0.3) is 0 Å². The fraction of sp³-hybridized carbons (Fsp3) is 0.364. The van der Waals surface area contributed by atoms with Gasteiger partial charge in [-0.15, -0.1) is 0 Å². The van der Waals surface area contributed by atoms with Crippen molar-refractivity contribution in [2.24, 2.45) is 5.18 Å². The van der Waals surface area contributed by atoms with Crippen LogP contribution in [0.2, 0.25) is 10.0 Å². The van der Waals surface area contributed by atoms with E-state index in [9.17, 15) is 14.5 Å². The van der Waals surface area contributed by atoms with Crippen LogP contribution in [-0.2, 0) is 14.3 Å². The van der Waals surface area contributed by atoms with Crippen molar-refractivity contribution in [2.75, 3.05) is 26.2 Å². The molecule has 0 spiro atoms. The summed E-state index contributed by atoms with van der Waals surface area (Å²) in [5.41, 5.74) is 3.52. The normalized spacial score (nSPS) is 15.2. The van der Waals surface area contributed by atoms with Gasteiger partial charge < -0.3 is 15.0 Å². The van der Waals surface area contributed by atoms with Crippen molar-refractivity contribution in [3.05, 3.63) is 110 Å². The van der Waals surface area contributed by atoms with Crippen molar-refractivity contribution in [1.82, 2.24) is 10.2 Å². The van der Waals surface area contributed by atoms with Gasteiger partial charge in [0, 0.05) is 16.6 Å². The Balaban J connectivity index is 0.000000549. The molecule has 1 heterocycles. The first-order valence-corrected chi connectivity index (χ1v) is 14.9. The third-order valence-electron chi connectivity index (χ3n) is 5.76. The fourth-order valence-corrected chi connectivity index (χ4v) is 4.12. The largest absolute Gasteiger partial charge is 0.361 e. The van der Waals surface area contributed by atoms with E-state index in [1.807, 2.05) is 57.2 Å². The molecule has 3 aromatic rings. The van der Waals surface area contributed by atoms with E-state index in [0.29, 0.717) is 10.0 Å². The SMILES string of the molecule is CC.CCC.Cc1ccc(C#N)cc1.O=NCCNC(=O)CN1C(=O)COC(c2ccc(Cl)cc2)C1c1ccc(Cl)cc1. The maximum atomic E-state index is 12.6. The lowest BCUT2D eigenvalue weighted by Crippen LogP contribution is -2.49. The Kier molecular flexibility index (Phi) is 18.2. The average molecular weight is 628 g/mol. The van der Waals surface area contributed by atoms with Gasteiger partial charge in [-0.1, -0.05) is 104 Å². The molecular formula is C33H40Cl2N4O4. The fourth-order valence-electron chi connectivity index (χ4n) is 3.87. The Morgan fingerprint density at radius 3 is 1.98 bits per heavy atom. The maximum Gasteiger partial charge on any atom is 0.249 e. The summed E-state index contributed by atoms with van der Waals surface area (Å²) >= 11 is 12.0. The number of morpholine rings is 1. The van der Waals surface area contributed by atoms with Crippen LogP contribution in [0.1, 0.15) is 68.5 Å². The van der Waals surface area contributed by atoms with Crippen molar-refractivity contribution in [3.63, 3.8) is 0 Å². The quantitative estimate of drug-likeness (QED) is 0.212. The molecule has 8 nitrogen and oxygen atoms in total. The smallest absolute Gasteiger partial charge is 0.249 e. The van der Waals surface area contributed by atoms with Gasteiger partial charge >= 0.3 is 0 Å². The molecule has 2 atom stereocenters. The van der Waals surface area contributed by atoms with Gasteiger partial charge in [-0.25, -0.2) is 0 Å². The van der Waals surface area contributed by atoms with E-state index < -0.39 is 12.1 Å². The lowest BCUT2D eigenvalue weighted by Gasteiger charge is -2.41. The van der Waals surface area contributed by atoms with Gasteiger partial charge in [-0.2, -0.15) is 10.2 Å². The molecule has 1 fully saturated rings. The third kappa shape index (κ3) is 13.0. The number of aryl methyl sites for hydroxylation is 1. The number of amides is 2. The maximum absolute atomic E-state index is 12.6. The van der Waals surface area contributed by atoms with E-state index >= 15 is 0 Å². The van der Waals surface area contributed by atoms with Crippen molar-refractivity contribution in [1.29, 1.82) is 5.26 Å². The predicted molar refractivity (Wildman–Crippen MR) is 173 cm³/mol. The summed E-state index contributed by atoms with van der Waals surface area (Å²) < 4.78 is 5.87. The zero-order valence-electron chi connectivity index (χ0n) is 25.3. The van der Waals surface area contributed by atoms with Gasteiger partial charge in [0.1, 0.15) is 19.3 Å². The Labute approximate surface area is 264 Å². The van der Waals surface area contributed by atoms with Gasteiger partial charge in [0.15, 0.2) is 0 Å². The van der Waals surface area contributed by atoms with Gasteiger partial charge in [0.2, 0.25) is 11.8 Å². The molecule has 3 aromatic carbocycles. The second kappa shape index (κ2) is 21.0. The van der Waals surface area contributed by atoms with Crippen LogP contribution in [-0.4, -0.2) is 43.0 Å². The summed E-state index contributed by atoms with van der Waals surface area (Å²) in [5, 5.41) is 14.8. The van der Waals surface area contributed by atoms with Crippen molar-refractivity contribution < 1.29 is 14.3 Å². The topological polar surface area (TPSA) is 112 Å². The number of nitriles is 1. The summed E-state index contributed by atoms with van der Waals surface area (Å²) in [6.45, 7) is 10.0. The van der Waals surface area contributed by atoms with Crippen molar-refractivity contribution >= 4 is 35.0 Å². The highest BCUT2D eigenvalue weighted by Gasteiger charge is 2.39. The van der Waals surface area contributed by atoms with E-state index in [4.69, 9.17) is 33.2 Å². The number of rotatable bonds is 7. The monoisotopic (exact) mass is 626 g/mol. The van der Waals surface area contributed by atoms with Crippen molar-refractivity contribution in [2.45, 2.75) is 53.2 Å². The minimum Gasteiger partial charge on any atom is -0.361 e. The molecule has 1 N–H and O–H groups in total. The molecule has 4 rings (SSSR count). The second-order valence-corrected chi connectivity index (χ2v) is 10.1. The Hall–Kier alpha value is -3.77. The Morgan fingerprint density at radius 2 is 1.49 bits per heavy atom. The summed E-state index contributed by atoms with van der Waals surface area (Å²) in [6, 6.07) is 23.2. The molecule has 0 aliphatic carbocycles. The number of hydrogen-bond donors (Lipinski definition) is 1. The first kappa shape index (κ1) is 37.3. The van der Waals surface area contributed by atoms with Crippen LogP contribution in [0.4, 0.5) is 0 Å². The zero-order valence-corrected chi connectivity index (χ0v) is 26.9. The Bertz CT molecular complexity index is 1290. The number of carbonyl (C=O) groups is 2. The number of ether oxygens (including phenoxy) is 1. The molecule has 230 valence electrons. The van der Waals surface area contributed by atoms with E-state index in [-0.39, 0.29) is 38.1 Å². The number of nitrogens with zero attached hydrogens (tertiary/aromatic N) is 3. The summed E-state index contributed by atoms with van der Waals surface area (Å²) in [6.07, 6.45) is 0.760. The molecule has 2 amide bonds. The van der Waals surface area contributed by atoms with Gasteiger partial charge in [-0.3, -0.25) is 9.59 Å². The van der Waals surface area contributed by atoms with Crippen molar-refractivity contribution in [3.8, 4) is 6.07 Å². The zero-order chi connectivity index (χ0) is 32.2. The van der Waals surface area contributed by atoms with Crippen LogP contribution < -0.4 is 5.32 Å². The highest BCUT2D eigenvalue weighted by Crippen LogP contribution is 2.40. The van der Waals surface area contributed by atoms with E-state index in [1.54, 1.807) is 36.4 Å². The summed E-state index contributed by atoms with van der Waals surface area (Å²) in [5.74, 6) is -0.684. The Morgan fingerprint density at radius 1 is 0.977 bits per heavy atom. The van der Waals surface area contributed by atoms with Gasteiger partial charge in [-0.05, 0) is 54.4 Å². The van der Waals surface area contributed by atoms with Crippen LogP contribution in [0.25, 0.3) is 0 Å². The van der Waals surface area contributed by atoms with E-state index in [2.05, 4.69) is 30.4 Å². The van der Waals surface area contributed by atoms with Crippen LogP contribution in [0, 0.1) is 23.2 Å². The number of nitroso groups, excluding NO2 is 1. The molecule has 1 saturated heterocycles. The van der Waals surface area contributed by atoms with Crippen LogP contribution >= 0.6 is 23.2 Å². The number of hydrogen-bond acceptors (Lipinski definition) is 6. The van der Waals surface area contributed by atoms with E-state index in [0.717, 1.165) is 16.7 Å². The van der Waals surface area contributed by atoms with Crippen LogP contribution in [0.3, 0.4) is 0 Å². The molecule has 0 saturated carbocycles.